The van der Waals surface area contributed by atoms with Crippen LogP contribution in [0.15, 0.2) is 30.3 Å². The van der Waals surface area contributed by atoms with Gasteiger partial charge in [-0.1, -0.05) is 35.5 Å². The molecule has 1 heterocycles. The number of rotatable bonds is 6. The van der Waals surface area contributed by atoms with E-state index in [9.17, 15) is 9.59 Å². The molecule has 0 radical (unpaired) electrons. The third-order valence-corrected chi connectivity index (χ3v) is 3.23. The SMILES string of the molecule is Cc1c(C(=O)NCC(=O)NC(C)C)nnn1Cc1ccccc1. The molecule has 0 unspecified atom stereocenters. The third-order valence-electron chi connectivity index (χ3n) is 3.23. The molecule has 2 aromatic rings. The quantitative estimate of drug-likeness (QED) is 0.828. The van der Waals surface area contributed by atoms with E-state index in [1.54, 1.807) is 11.6 Å². The second kappa shape index (κ2) is 7.53. The van der Waals surface area contributed by atoms with Crippen LogP contribution in [0.4, 0.5) is 0 Å². The van der Waals surface area contributed by atoms with Gasteiger partial charge in [-0.3, -0.25) is 9.59 Å². The Hall–Kier alpha value is -2.70. The lowest BCUT2D eigenvalue weighted by atomic mass is 10.2. The topological polar surface area (TPSA) is 88.9 Å². The average Bonchev–Trinajstić information content (AvgIpc) is 2.86. The number of aromatic nitrogens is 3. The number of carbonyl (C=O) groups is 2. The van der Waals surface area contributed by atoms with Gasteiger partial charge in [0.25, 0.3) is 5.91 Å². The Morgan fingerprint density at radius 3 is 2.57 bits per heavy atom. The predicted octanol–water partition coefficient (Wildman–Crippen LogP) is 0.889. The van der Waals surface area contributed by atoms with Crippen molar-refractivity contribution >= 4 is 11.8 Å². The van der Waals surface area contributed by atoms with Crippen LogP contribution in [0.2, 0.25) is 0 Å². The second-order valence-corrected chi connectivity index (χ2v) is 5.57. The van der Waals surface area contributed by atoms with E-state index in [2.05, 4.69) is 20.9 Å². The summed E-state index contributed by atoms with van der Waals surface area (Å²) >= 11 is 0. The number of carbonyl (C=O) groups excluding carboxylic acids is 2. The van der Waals surface area contributed by atoms with Gasteiger partial charge in [0.15, 0.2) is 5.69 Å². The Bertz CT molecular complexity index is 679. The molecular weight excluding hydrogens is 294 g/mol. The second-order valence-electron chi connectivity index (χ2n) is 5.57. The van der Waals surface area contributed by atoms with Crippen LogP contribution in [-0.4, -0.2) is 39.4 Å². The first kappa shape index (κ1) is 16.7. The van der Waals surface area contributed by atoms with Crippen LogP contribution in [0.5, 0.6) is 0 Å². The largest absolute Gasteiger partial charge is 0.352 e. The summed E-state index contributed by atoms with van der Waals surface area (Å²) < 4.78 is 1.67. The standard InChI is InChI=1S/C16H21N5O2/c1-11(2)18-14(22)9-17-16(23)15-12(3)21(20-19-15)10-13-7-5-4-6-8-13/h4-8,11H,9-10H2,1-3H3,(H,17,23)(H,18,22). The minimum atomic E-state index is -0.402. The smallest absolute Gasteiger partial charge is 0.274 e. The van der Waals surface area contributed by atoms with Crippen molar-refractivity contribution in [3.63, 3.8) is 0 Å². The summed E-state index contributed by atoms with van der Waals surface area (Å²) in [6, 6.07) is 9.84. The van der Waals surface area contributed by atoms with Crippen molar-refractivity contribution in [2.45, 2.75) is 33.4 Å². The molecule has 0 saturated heterocycles. The number of amides is 2. The molecule has 0 aliphatic carbocycles. The van der Waals surface area contributed by atoms with Crippen LogP contribution in [0.1, 0.15) is 35.6 Å². The van der Waals surface area contributed by atoms with E-state index in [4.69, 9.17) is 0 Å². The zero-order valence-electron chi connectivity index (χ0n) is 13.5. The van der Waals surface area contributed by atoms with Gasteiger partial charge >= 0.3 is 0 Å². The van der Waals surface area contributed by atoms with E-state index in [0.717, 1.165) is 5.56 Å². The van der Waals surface area contributed by atoms with Gasteiger partial charge in [0.2, 0.25) is 5.91 Å². The van der Waals surface area contributed by atoms with E-state index in [1.807, 2.05) is 44.2 Å². The van der Waals surface area contributed by atoms with Crippen LogP contribution in [0.3, 0.4) is 0 Å². The molecule has 0 spiro atoms. The first-order chi connectivity index (χ1) is 11.0. The fourth-order valence-corrected chi connectivity index (χ4v) is 2.09. The molecule has 0 aliphatic rings. The molecule has 2 rings (SSSR count). The van der Waals surface area contributed by atoms with Gasteiger partial charge in [-0.05, 0) is 26.3 Å². The molecule has 122 valence electrons. The van der Waals surface area contributed by atoms with Crippen LogP contribution >= 0.6 is 0 Å². The molecule has 0 aliphatic heterocycles. The first-order valence-corrected chi connectivity index (χ1v) is 7.49. The molecule has 7 nitrogen and oxygen atoms in total. The molecule has 0 bridgehead atoms. The molecule has 1 aromatic heterocycles. The Balaban J connectivity index is 1.98. The highest BCUT2D eigenvalue weighted by Gasteiger charge is 2.17. The fraction of sp³-hybridized carbons (Fsp3) is 0.375. The van der Waals surface area contributed by atoms with Gasteiger partial charge < -0.3 is 10.6 Å². The van der Waals surface area contributed by atoms with E-state index in [-0.39, 0.29) is 24.2 Å². The number of nitrogens with one attached hydrogen (secondary N) is 2. The van der Waals surface area contributed by atoms with E-state index >= 15 is 0 Å². The van der Waals surface area contributed by atoms with Gasteiger partial charge in [0.05, 0.1) is 18.8 Å². The normalized spacial score (nSPS) is 10.6. The van der Waals surface area contributed by atoms with Gasteiger partial charge in [0, 0.05) is 6.04 Å². The van der Waals surface area contributed by atoms with Crippen molar-refractivity contribution in [1.29, 1.82) is 0 Å². The van der Waals surface area contributed by atoms with E-state index < -0.39 is 5.91 Å². The Morgan fingerprint density at radius 2 is 1.91 bits per heavy atom. The minimum absolute atomic E-state index is 0.0351. The van der Waals surface area contributed by atoms with Gasteiger partial charge in [0.1, 0.15) is 0 Å². The summed E-state index contributed by atoms with van der Waals surface area (Å²) in [7, 11) is 0. The molecule has 0 fully saturated rings. The first-order valence-electron chi connectivity index (χ1n) is 7.49. The van der Waals surface area contributed by atoms with Crippen LogP contribution in [-0.2, 0) is 11.3 Å². The number of hydrogen-bond acceptors (Lipinski definition) is 4. The van der Waals surface area contributed by atoms with Crippen molar-refractivity contribution in [2.24, 2.45) is 0 Å². The maximum absolute atomic E-state index is 12.1. The Kier molecular flexibility index (Phi) is 5.46. The summed E-state index contributed by atoms with van der Waals surface area (Å²) in [4.78, 5) is 23.7. The van der Waals surface area contributed by atoms with Gasteiger partial charge in [-0.25, -0.2) is 4.68 Å². The highest BCUT2D eigenvalue weighted by atomic mass is 16.2. The summed E-state index contributed by atoms with van der Waals surface area (Å²) in [6.45, 7) is 5.97. The summed E-state index contributed by atoms with van der Waals surface area (Å²) in [5.74, 6) is -0.636. The monoisotopic (exact) mass is 315 g/mol. The lowest BCUT2D eigenvalue weighted by molar-refractivity contribution is -0.120. The maximum atomic E-state index is 12.1. The lowest BCUT2D eigenvalue weighted by Gasteiger charge is -2.08. The lowest BCUT2D eigenvalue weighted by Crippen LogP contribution is -2.40. The summed E-state index contributed by atoms with van der Waals surface area (Å²) in [5, 5.41) is 13.2. The Labute approximate surface area is 135 Å². The molecule has 2 amide bonds. The van der Waals surface area contributed by atoms with Crippen LogP contribution < -0.4 is 10.6 Å². The van der Waals surface area contributed by atoms with Crippen molar-refractivity contribution in [3.05, 3.63) is 47.3 Å². The van der Waals surface area contributed by atoms with Gasteiger partial charge in [-0.15, -0.1) is 5.10 Å². The van der Waals surface area contributed by atoms with E-state index in [0.29, 0.717) is 12.2 Å². The number of hydrogen-bond donors (Lipinski definition) is 2. The summed E-state index contributed by atoms with van der Waals surface area (Å²) in [6.07, 6.45) is 0. The average molecular weight is 315 g/mol. The Morgan fingerprint density at radius 1 is 1.22 bits per heavy atom. The van der Waals surface area contributed by atoms with Crippen molar-refractivity contribution in [3.8, 4) is 0 Å². The molecular formula is C16H21N5O2. The molecule has 1 aromatic carbocycles. The number of benzene rings is 1. The third kappa shape index (κ3) is 4.64. The fourth-order valence-electron chi connectivity index (χ4n) is 2.09. The zero-order valence-corrected chi connectivity index (χ0v) is 13.5. The van der Waals surface area contributed by atoms with E-state index in [1.165, 1.54) is 0 Å². The van der Waals surface area contributed by atoms with Crippen molar-refractivity contribution < 1.29 is 9.59 Å². The van der Waals surface area contributed by atoms with Crippen molar-refractivity contribution in [1.82, 2.24) is 25.6 Å². The molecule has 0 saturated carbocycles. The molecule has 7 heteroatoms. The van der Waals surface area contributed by atoms with Crippen LogP contribution in [0.25, 0.3) is 0 Å². The highest BCUT2D eigenvalue weighted by molar-refractivity contribution is 5.95. The molecule has 2 N–H and O–H groups in total. The number of nitrogens with zero attached hydrogens (tertiary/aromatic N) is 3. The minimum Gasteiger partial charge on any atom is -0.352 e. The van der Waals surface area contributed by atoms with Crippen molar-refractivity contribution in [2.75, 3.05) is 6.54 Å². The van der Waals surface area contributed by atoms with Crippen LogP contribution in [0, 0.1) is 6.92 Å². The molecule has 0 atom stereocenters. The van der Waals surface area contributed by atoms with Gasteiger partial charge in [-0.2, -0.15) is 0 Å². The predicted molar refractivity (Wildman–Crippen MR) is 85.9 cm³/mol. The zero-order chi connectivity index (χ0) is 16.8. The maximum Gasteiger partial charge on any atom is 0.274 e. The highest BCUT2D eigenvalue weighted by Crippen LogP contribution is 2.07. The molecule has 23 heavy (non-hydrogen) atoms. The summed E-state index contributed by atoms with van der Waals surface area (Å²) in [5.41, 5.74) is 1.97.